The van der Waals surface area contributed by atoms with Crippen LogP contribution in [0.3, 0.4) is 0 Å². The third-order valence-corrected chi connectivity index (χ3v) is 6.97. The summed E-state index contributed by atoms with van der Waals surface area (Å²) in [5.41, 5.74) is -1.57. The molecule has 0 aliphatic heterocycles. The average molecular weight is 472 g/mol. The Morgan fingerprint density at radius 2 is 1.67 bits per heavy atom. The standard InChI is InChI=1S/C26H24F3NO2S/c1-24(2,20-10-6-9-18(13-20)17-7-4-3-5-8-17)16-25(32,26(27,28)29)14-19-15-30-21-11-12-33-23(21)22(19)31/h3-13,15,32H,14,16H2,1-2H3,(H,30,31). The van der Waals surface area contributed by atoms with Crippen molar-refractivity contribution >= 4 is 21.6 Å². The summed E-state index contributed by atoms with van der Waals surface area (Å²) in [6.07, 6.45) is -5.06. The molecule has 0 spiro atoms. The van der Waals surface area contributed by atoms with Gasteiger partial charge in [-0.25, -0.2) is 0 Å². The van der Waals surface area contributed by atoms with Gasteiger partial charge in [-0.15, -0.1) is 11.3 Å². The van der Waals surface area contributed by atoms with E-state index in [0.29, 0.717) is 15.8 Å². The van der Waals surface area contributed by atoms with Crippen LogP contribution in [0, 0.1) is 0 Å². The van der Waals surface area contributed by atoms with Crippen LogP contribution >= 0.6 is 11.3 Å². The van der Waals surface area contributed by atoms with Gasteiger partial charge in [-0.1, -0.05) is 68.4 Å². The number of hydrogen-bond donors (Lipinski definition) is 2. The molecule has 0 saturated heterocycles. The molecule has 2 aromatic carbocycles. The van der Waals surface area contributed by atoms with Crippen molar-refractivity contribution in [3.8, 4) is 11.1 Å². The molecule has 2 aromatic heterocycles. The molecule has 0 fully saturated rings. The summed E-state index contributed by atoms with van der Waals surface area (Å²) in [5, 5.41) is 12.7. The number of thiophene rings is 1. The van der Waals surface area contributed by atoms with Crippen molar-refractivity contribution < 1.29 is 18.3 Å². The Labute approximate surface area is 193 Å². The number of alkyl halides is 3. The van der Waals surface area contributed by atoms with Gasteiger partial charge in [0.15, 0.2) is 5.60 Å². The van der Waals surface area contributed by atoms with E-state index in [1.807, 2.05) is 48.5 Å². The molecule has 4 aromatic rings. The molecule has 4 rings (SSSR count). The average Bonchev–Trinajstić information content (AvgIpc) is 3.25. The van der Waals surface area contributed by atoms with Crippen LogP contribution in [0.5, 0.6) is 0 Å². The van der Waals surface area contributed by atoms with Crippen molar-refractivity contribution in [3.05, 3.63) is 93.6 Å². The van der Waals surface area contributed by atoms with Crippen LogP contribution in [0.15, 0.2) is 77.0 Å². The number of halogens is 3. The molecule has 1 atom stereocenters. The predicted molar refractivity (Wildman–Crippen MR) is 127 cm³/mol. The van der Waals surface area contributed by atoms with Crippen LogP contribution in [0.25, 0.3) is 21.3 Å². The monoisotopic (exact) mass is 471 g/mol. The fourth-order valence-electron chi connectivity index (χ4n) is 4.27. The van der Waals surface area contributed by atoms with Gasteiger partial charge < -0.3 is 10.1 Å². The van der Waals surface area contributed by atoms with Gasteiger partial charge >= 0.3 is 6.18 Å². The number of benzene rings is 2. The SMILES string of the molecule is CC(C)(CC(O)(Cc1c[nH]c2ccsc2c1=O)C(F)(F)F)c1cccc(-c2ccccc2)c1. The summed E-state index contributed by atoms with van der Waals surface area (Å²) < 4.78 is 43.0. The maximum absolute atomic E-state index is 14.2. The summed E-state index contributed by atoms with van der Waals surface area (Å²) >= 11 is 1.16. The van der Waals surface area contributed by atoms with Crippen molar-refractivity contribution in [1.29, 1.82) is 0 Å². The topological polar surface area (TPSA) is 53.1 Å². The van der Waals surface area contributed by atoms with Crippen molar-refractivity contribution in [2.24, 2.45) is 0 Å². The summed E-state index contributed by atoms with van der Waals surface area (Å²) in [6.45, 7) is 3.36. The molecule has 0 aliphatic rings. The Bertz CT molecular complexity index is 1320. The van der Waals surface area contributed by atoms with E-state index in [9.17, 15) is 23.1 Å². The second kappa shape index (κ2) is 8.47. The number of rotatable bonds is 6. The molecule has 2 N–H and O–H groups in total. The number of H-pyrrole nitrogens is 1. The first kappa shape index (κ1) is 23.3. The lowest BCUT2D eigenvalue weighted by molar-refractivity contribution is -0.266. The maximum Gasteiger partial charge on any atom is 0.417 e. The van der Waals surface area contributed by atoms with E-state index in [-0.39, 0.29) is 5.56 Å². The minimum atomic E-state index is -4.92. The maximum atomic E-state index is 14.2. The van der Waals surface area contributed by atoms with Gasteiger partial charge in [-0.3, -0.25) is 4.79 Å². The highest BCUT2D eigenvalue weighted by Gasteiger charge is 2.56. The van der Waals surface area contributed by atoms with E-state index in [1.165, 1.54) is 6.20 Å². The zero-order valence-electron chi connectivity index (χ0n) is 18.2. The third kappa shape index (κ3) is 4.61. The Hall–Kier alpha value is -2.90. The fourth-order valence-corrected chi connectivity index (χ4v) is 5.10. The molecule has 33 heavy (non-hydrogen) atoms. The second-order valence-electron chi connectivity index (χ2n) is 9.02. The van der Waals surface area contributed by atoms with Crippen molar-refractivity contribution in [3.63, 3.8) is 0 Å². The number of pyridine rings is 1. The lowest BCUT2D eigenvalue weighted by atomic mass is 9.72. The number of aliphatic hydroxyl groups is 1. The summed E-state index contributed by atoms with van der Waals surface area (Å²) in [4.78, 5) is 15.6. The molecule has 0 amide bonds. The highest BCUT2D eigenvalue weighted by atomic mass is 32.1. The van der Waals surface area contributed by atoms with E-state index in [4.69, 9.17) is 0 Å². The number of aromatic nitrogens is 1. The molecule has 1 unspecified atom stereocenters. The van der Waals surface area contributed by atoms with Crippen molar-refractivity contribution in [2.45, 2.75) is 43.9 Å². The van der Waals surface area contributed by atoms with Gasteiger partial charge in [0, 0.05) is 18.2 Å². The normalized spacial score (nSPS) is 14.4. The smallest absolute Gasteiger partial charge is 0.380 e. The lowest BCUT2D eigenvalue weighted by Crippen LogP contribution is -2.51. The predicted octanol–water partition coefficient (Wildman–Crippen LogP) is 6.46. The van der Waals surface area contributed by atoms with Gasteiger partial charge in [0.25, 0.3) is 0 Å². The van der Waals surface area contributed by atoms with E-state index < -0.39 is 35.5 Å². The Balaban J connectivity index is 1.69. The zero-order chi connectivity index (χ0) is 23.9. The minimum Gasteiger partial charge on any atom is -0.380 e. The first-order valence-corrected chi connectivity index (χ1v) is 11.4. The van der Waals surface area contributed by atoms with Crippen LogP contribution in [0.4, 0.5) is 13.2 Å². The highest BCUT2D eigenvalue weighted by Crippen LogP contribution is 2.43. The minimum absolute atomic E-state index is 0.0846. The molecule has 2 heterocycles. The first-order chi connectivity index (χ1) is 15.5. The molecule has 0 radical (unpaired) electrons. The van der Waals surface area contributed by atoms with Gasteiger partial charge in [0.05, 0.1) is 10.2 Å². The molecule has 7 heteroatoms. The van der Waals surface area contributed by atoms with Gasteiger partial charge in [0.2, 0.25) is 5.43 Å². The van der Waals surface area contributed by atoms with Crippen LogP contribution in [0.2, 0.25) is 0 Å². The number of aromatic amines is 1. The number of fused-ring (bicyclic) bond motifs is 1. The molecule has 172 valence electrons. The van der Waals surface area contributed by atoms with E-state index >= 15 is 0 Å². The number of hydrogen-bond acceptors (Lipinski definition) is 3. The highest BCUT2D eigenvalue weighted by molar-refractivity contribution is 7.17. The molecule has 3 nitrogen and oxygen atoms in total. The van der Waals surface area contributed by atoms with Gasteiger partial charge in [0.1, 0.15) is 0 Å². The van der Waals surface area contributed by atoms with Crippen LogP contribution in [-0.4, -0.2) is 21.9 Å². The quantitative estimate of drug-likeness (QED) is 0.339. The zero-order valence-corrected chi connectivity index (χ0v) is 19.1. The van der Waals surface area contributed by atoms with Crippen molar-refractivity contribution in [2.75, 3.05) is 0 Å². The van der Waals surface area contributed by atoms with Crippen LogP contribution < -0.4 is 5.43 Å². The van der Waals surface area contributed by atoms with Crippen LogP contribution in [-0.2, 0) is 11.8 Å². The summed E-state index contributed by atoms with van der Waals surface area (Å²) in [5.74, 6) is 0. The van der Waals surface area contributed by atoms with Gasteiger partial charge in [-0.05, 0) is 40.0 Å². The molecule has 0 saturated carbocycles. The van der Waals surface area contributed by atoms with Crippen molar-refractivity contribution in [1.82, 2.24) is 4.98 Å². The second-order valence-corrected chi connectivity index (χ2v) is 9.94. The molecular weight excluding hydrogens is 447 g/mol. The largest absolute Gasteiger partial charge is 0.417 e. The molecular formula is C26H24F3NO2S. The fraction of sp³-hybridized carbons (Fsp3) is 0.269. The Morgan fingerprint density at radius 3 is 2.36 bits per heavy atom. The Morgan fingerprint density at radius 1 is 0.970 bits per heavy atom. The summed E-state index contributed by atoms with van der Waals surface area (Å²) in [7, 11) is 0. The van der Waals surface area contributed by atoms with E-state index in [0.717, 1.165) is 22.5 Å². The lowest BCUT2D eigenvalue weighted by Gasteiger charge is -2.38. The third-order valence-electron chi connectivity index (χ3n) is 6.06. The van der Waals surface area contributed by atoms with E-state index in [2.05, 4.69) is 4.98 Å². The number of nitrogens with one attached hydrogen (secondary N) is 1. The Kier molecular flexibility index (Phi) is 5.97. The molecule has 0 bridgehead atoms. The van der Waals surface area contributed by atoms with Gasteiger partial charge in [-0.2, -0.15) is 13.2 Å². The summed E-state index contributed by atoms with van der Waals surface area (Å²) in [6, 6.07) is 18.6. The first-order valence-electron chi connectivity index (χ1n) is 10.5. The van der Waals surface area contributed by atoms with Crippen LogP contribution in [0.1, 0.15) is 31.4 Å². The molecule has 0 aliphatic carbocycles. The van der Waals surface area contributed by atoms with E-state index in [1.54, 1.807) is 31.4 Å².